The fourth-order valence-electron chi connectivity index (χ4n) is 5.20. The van der Waals surface area contributed by atoms with Gasteiger partial charge < -0.3 is 10.6 Å². The standard InChI is InChI=1S/C25H18Cl3FN2O2/c1-12-5-7-16(29)11-17(12)22-25(18-8-6-15(27)10-19(18)30-24(25)33)20(21(28)23(32)31-22)13-3-2-4-14(26)9-13/h2-11,20-22H,1H3,(H,30,33)(H,31,32)/t20-,21+,22+,25+/m1/s1. The minimum absolute atomic E-state index is 0.357. The first-order valence-electron chi connectivity index (χ1n) is 10.3. The largest absolute Gasteiger partial charge is 0.347 e. The molecule has 0 unspecified atom stereocenters. The van der Waals surface area contributed by atoms with Gasteiger partial charge in [-0.2, -0.15) is 0 Å². The minimum Gasteiger partial charge on any atom is -0.347 e. The topological polar surface area (TPSA) is 58.2 Å². The van der Waals surface area contributed by atoms with Gasteiger partial charge in [0.05, 0.1) is 6.04 Å². The predicted molar refractivity (Wildman–Crippen MR) is 128 cm³/mol. The number of hydrogen-bond acceptors (Lipinski definition) is 2. The Kier molecular flexibility index (Phi) is 5.39. The molecule has 2 aliphatic rings. The first-order chi connectivity index (χ1) is 15.7. The van der Waals surface area contributed by atoms with Crippen LogP contribution in [0.3, 0.4) is 0 Å². The molecule has 1 saturated heterocycles. The third-order valence-electron chi connectivity index (χ3n) is 6.59. The highest BCUT2D eigenvalue weighted by molar-refractivity contribution is 6.33. The third kappa shape index (κ3) is 3.33. The average molecular weight is 504 g/mol. The van der Waals surface area contributed by atoms with Crippen molar-refractivity contribution in [3.63, 3.8) is 0 Å². The van der Waals surface area contributed by atoms with Crippen LogP contribution in [0.1, 0.15) is 34.2 Å². The molecule has 1 spiro atoms. The molecular weight excluding hydrogens is 486 g/mol. The van der Waals surface area contributed by atoms with E-state index in [2.05, 4.69) is 10.6 Å². The van der Waals surface area contributed by atoms with Crippen molar-refractivity contribution in [1.82, 2.24) is 5.32 Å². The number of benzene rings is 3. The van der Waals surface area contributed by atoms with Gasteiger partial charge in [0.1, 0.15) is 16.6 Å². The summed E-state index contributed by atoms with van der Waals surface area (Å²) in [5.74, 6) is -2.07. The maximum absolute atomic E-state index is 14.4. The van der Waals surface area contributed by atoms with Gasteiger partial charge in [-0.05, 0) is 65.6 Å². The van der Waals surface area contributed by atoms with Gasteiger partial charge in [0.15, 0.2) is 0 Å². The van der Waals surface area contributed by atoms with E-state index in [4.69, 9.17) is 34.8 Å². The molecule has 2 N–H and O–H groups in total. The molecule has 168 valence electrons. The number of aryl methyl sites for hydroxylation is 1. The van der Waals surface area contributed by atoms with Gasteiger partial charge in [-0.15, -0.1) is 11.6 Å². The number of carbonyl (C=O) groups is 2. The summed E-state index contributed by atoms with van der Waals surface area (Å²) >= 11 is 19.2. The van der Waals surface area contributed by atoms with Crippen LogP contribution in [0.15, 0.2) is 60.7 Å². The van der Waals surface area contributed by atoms with Crippen LogP contribution in [0.25, 0.3) is 0 Å². The number of anilines is 1. The third-order valence-corrected chi connectivity index (χ3v) is 7.51. The Morgan fingerprint density at radius 3 is 2.48 bits per heavy atom. The lowest BCUT2D eigenvalue weighted by molar-refractivity contribution is -0.131. The van der Waals surface area contributed by atoms with Crippen LogP contribution in [0, 0.1) is 12.7 Å². The van der Waals surface area contributed by atoms with Crippen LogP contribution in [0.4, 0.5) is 10.1 Å². The monoisotopic (exact) mass is 502 g/mol. The second kappa shape index (κ2) is 8.01. The van der Waals surface area contributed by atoms with Crippen molar-refractivity contribution in [2.24, 2.45) is 0 Å². The van der Waals surface area contributed by atoms with Crippen molar-refractivity contribution < 1.29 is 14.0 Å². The summed E-state index contributed by atoms with van der Waals surface area (Å²) in [6.07, 6.45) is 0. The molecule has 4 atom stereocenters. The average Bonchev–Trinajstić information content (AvgIpc) is 3.04. The maximum atomic E-state index is 14.4. The van der Waals surface area contributed by atoms with Crippen molar-refractivity contribution in [2.45, 2.75) is 29.7 Å². The molecule has 0 aliphatic carbocycles. The summed E-state index contributed by atoms with van der Waals surface area (Å²) in [6, 6.07) is 15.5. The van der Waals surface area contributed by atoms with E-state index in [0.717, 1.165) is 5.56 Å². The summed E-state index contributed by atoms with van der Waals surface area (Å²) in [6.45, 7) is 1.81. The Labute approximate surface area is 205 Å². The van der Waals surface area contributed by atoms with Crippen LogP contribution >= 0.6 is 34.8 Å². The highest BCUT2D eigenvalue weighted by Crippen LogP contribution is 2.58. The van der Waals surface area contributed by atoms with Crippen LogP contribution in [-0.2, 0) is 15.0 Å². The summed E-state index contributed by atoms with van der Waals surface area (Å²) in [4.78, 5) is 27.1. The molecule has 3 aromatic rings. The van der Waals surface area contributed by atoms with E-state index in [-0.39, 0.29) is 5.91 Å². The number of fused-ring (bicyclic) bond motifs is 2. The van der Waals surface area contributed by atoms with Crippen LogP contribution < -0.4 is 10.6 Å². The van der Waals surface area contributed by atoms with E-state index in [1.165, 1.54) is 12.1 Å². The molecule has 0 aromatic heterocycles. The van der Waals surface area contributed by atoms with Gasteiger partial charge in [-0.25, -0.2) is 4.39 Å². The second-order valence-corrected chi connectivity index (χ2v) is 9.73. The molecule has 2 amide bonds. The first kappa shape index (κ1) is 22.2. The van der Waals surface area contributed by atoms with Gasteiger partial charge in [0.2, 0.25) is 11.8 Å². The molecule has 2 heterocycles. The van der Waals surface area contributed by atoms with Crippen molar-refractivity contribution >= 4 is 52.3 Å². The predicted octanol–water partition coefficient (Wildman–Crippen LogP) is 5.89. The quantitative estimate of drug-likeness (QED) is 0.428. The highest BCUT2D eigenvalue weighted by Gasteiger charge is 2.64. The molecule has 33 heavy (non-hydrogen) atoms. The minimum atomic E-state index is -1.37. The lowest BCUT2D eigenvalue weighted by Crippen LogP contribution is -2.61. The summed E-state index contributed by atoms with van der Waals surface area (Å²) in [7, 11) is 0. The molecule has 0 radical (unpaired) electrons. The van der Waals surface area contributed by atoms with Gasteiger partial charge in [-0.1, -0.05) is 47.5 Å². The fourth-order valence-corrected chi connectivity index (χ4v) is 5.98. The molecular formula is C25H18Cl3FN2O2. The Hall–Kier alpha value is -2.60. The molecule has 3 aromatic carbocycles. The van der Waals surface area contributed by atoms with Gasteiger partial charge in [0, 0.05) is 21.7 Å². The number of piperidine rings is 1. The summed E-state index contributed by atoms with van der Waals surface area (Å²) in [5, 5.41) is 5.66. The van der Waals surface area contributed by atoms with Crippen molar-refractivity contribution in [2.75, 3.05) is 5.32 Å². The normalized spacial score (nSPS) is 26.2. The number of hydrogen-bond donors (Lipinski definition) is 2. The molecule has 8 heteroatoms. The zero-order chi connectivity index (χ0) is 23.5. The zero-order valence-corrected chi connectivity index (χ0v) is 19.6. The SMILES string of the molecule is Cc1ccc(F)cc1[C@@H]1NC(=O)[C@@H](Cl)[C@@H](c2cccc(Cl)c2)[C@]12C(=O)Nc1cc(Cl)ccc12. The number of halogens is 4. The number of rotatable bonds is 2. The van der Waals surface area contributed by atoms with E-state index in [1.807, 2.05) is 6.92 Å². The van der Waals surface area contributed by atoms with E-state index in [0.29, 0.717) is 32.4 Å². The van der Waals surface area contributed by atoms with Crippen molar-refractivity contribution in [3.8, 4) is 0 Å². The van der Waals surface area contributed by atoms with Gasteiger partial charge in [0.25, 0.3) is 0 Å². The summed E-state index contributed by atoms with van der Waals surface area (Å²) in [5.41, 5.74) is 1.64. The molecule has 0 saturated carbocycles. The van der Waals surface area contributed by atoms with Crippen LogP contribution in [0.2, 0.25) is 10.0 Å². The van der Waals surface area contributed by atoms with Gasteiger partial charge in [-0.3, -0.25) is 9.59 Å². The second-order valence-electron chi connectivity index (χ2n) is 8.39. The van der Waals surface area contributed by atoms with Crippen LogP contribution in [-0.4, -0.2) is 17.2 Å². The number of amides is 2. The van der Waals surface area contributed by atoms with E-state index in [1.54, 1.807) is 48.5 Å². The Bertz CT molecular complexity index is 1310. The number of carbonyl (C=O) groups excluding carboxylic acids is 2. The Balaban J connectivity index is 1.87. The summed E-state index contributed by atoms with van der Waals surface area (Å²) < 4.78 is 14.4. The van der Waals surface area contributed by atoms with E-state index >= 15 is 0 Å². The van der Waals surface area contributed by atoms with Crippen molar-refractivity contribution in [1.29, 1.82) is 0 Å². The molecule has 4 nitrogen and oxygen atoms in total. The highest BCUT2D eigenvalue weighted by atomic mass is 35.5. The fraction of sp³-hybridized carbons (Fsp3) is 0.200. The smallest absolute Gasteiger partial charge is 0.239 e. The van der Waals surface area contributed by atoms with E-state index in [9.17, 15) is 14.0 Å². The lowest BCUT2D eigenvalue weighted by Gasteiger charge is -2.48. The van der Waals surface area contributed by atoms with Crippen LogP contribution in [0.5, 0.6) is 0 Å². The molecule has 0 bridgehead atoms. The Morgan fingerprint density at radius 1 is 0.970 bits per heavy atom. The Morgan fingerprint density at radius 2 is 1.73 bits per heavy atom. The zero-order valence-electron chi connectivity index (χ0n) is 17.3. The molecule has 1 fully saturated rings. The molecule has 2 aliphatic heterocycles. The first-order valence-corrected chi connectivity index (χ1v) is 11.5. The molecule has 5 rings (SSSR count). The number of alkyl halides is 1. The van der Waals surface area contributed by atoms with E-state index < -0.39 is 34.5 Å². The maximum Gasteiger partial charge on any atom is 0.239 e. The lowest BCUT2D eigenvalue weighted by atomic mass is 9.59. The number of nitrogens with one attached hydrogen (secondary N) is 2. The van der Waals surface area contributed by atoms with Crippen molar-refractivity contribution in [3.05, 3.63) is 98.8 Å². The van der Waals surface area contributed by atoms with Gasteiger partial charge >= 0.3 is 0 Å².